The normalized spacial score (nSPS) is 14.5. The lowest BCUT2D eigenvalue weighted by Gasteiger charge is -2.28. The van der Waals surface area contributed by atoms with Gasteiger partial charge in [-0.1, -0.05) is 83.1 Å². The molecule has 0 radical (unpaired) electrons. The zero-order valence-corrected chi connectivity index (χ0v) is 59.6. The molecule has 6 aromatic carbocycles. The Balaban J connectivity index is 1.29. The third kappa shape index (κ3) is 12.4. The van der Waals surface area contributed by atoms with Crippen LogP contribution in [0.25, 0.3) is 33.4 Å². The first-order valence-corrected chi connectivity index (χ1v) is 33.4. The van der Waals surface area contributed by atoms with Gasteiger partial charge in [-0.2, -0.15) is 0 Å². The van der Waals surface area contributed by atoms with Crippen molar-refractivity contribution in [3.8, 4) is 11.5 Å². The average molecular weight is 1540 g/mol. The highest BCUT2D eigenvalue weighted by atomic mass is 19.2. The van der Waals surface area contributed by atoms with E-state index in [0.717, 1.165) is 72.8 Å². The summed E-state index contributed by atoms with van der Waals surface area (Å²) in [7, 11) is 0. The van der Waals surface area contributed by atoms with E-state index in [1.165, 1.54) is 24.3 Å². The predicted molar refractivity (Wildman–Crippen MR) is 371 cm³/mol. The van der Waals surface area contributed by atoms with Gasteiger partial charge in [0.05, 0.1) is 45.1 Å². The summed E-state index contributed by atoms with van der Waals surface area (Å²) >= 11 is 0. The number of halogens is 20. The van der Waals surface area contributed by atoms with Crippen molar-refractivity contribution in [2.75, 3.05) is 0 Å². The molecule has 0 fully saturated rings. The molecule has 568 valence electrons. The molecule has 3 aliphatic rings. The standard InChI is InChI=1S/C82H58F20N6O2/c1-79(2,3)31-25-29(26-32(77(31)109)80(4,5)6)47-35-13-17-39(103-35)49(53-57(83)65(91)73(99)66(92)58(53)84)43-21-23-45(107-43)51(55-61(87)69(95)75(101)70(96)62(55)88)41-19-15-37(105-41)48(30-27-33(81(7,8)9)78(110)34(28-30)82(10,11)12)38-16-20-42(106-38)52(56-63(89)71(97)76(102)72(98)64(56)90)46-24-22-44(108-46)50(40-18-14-36(47)104-40)54-59(85)67(93)74(100)68(94)60(54)86/h13-28,103,106-110H,1-12H3. The maximum atomic E-state index is 17.0. The van der Waals surface area contributed by atoms with Crippen molar-refractivity contribution in [1.29, 1.82) is 0 Å². The number of fused-ring (bicyclic) bond motifs is 10. The molecule has 10 aromatic rings. The summed E-state index contributed by atoms with van der Waals surface area (Å²) in [5, 5.41) is 22.2. The van der Waals surface area contributed by atoms with E-state index < -0.39 is 239 Å². The molecule has 13 rings (SSSR count). The van der Waals surface area contributed by atoms with Crippen LogP contribution in [-0.4, -0.2) is 41.6 Å². The first kappa shape index (κ1) is 76.6. The van der Waals surface area contributed by atoms with Crippen molar-refractivity contribution >= 4 is 44.9 Å². The van der Waals surface area contributed by atoms with Crippen LogP contribution in [-0.2, 0) is 21.7 Å². The van der Waals surface area contributed by atoms with E-state index in [-0.39, 0.29) is 66.7 Å². The number of hydrogen-bond donors (Lipinski definition) is 6. The van der Waals surface area contributed by atoms with Crippen molar-refractivity contribution in [3.05, 3.63) is 325 Å². The zero-order chi connectivity index (χ0) is 80.4. The number of aliphatic imine (C=N–C) groups is 2. The van der Waals surface area contributed by atoms with Gasteiger partial charge in [-0.25, -0.2) is 97.8 Å². The molecule has 110 heavy (non-hydrogen) atoms. The molecule has 28 heteroatoms. The van der Waals surface area contributed by atoms with Crippen LogP contribution in [0, 0.1) is 116 Å². The van der Waals surface area contributed by atoms with Gasteiger partial charge < -0.3 is 30.1 Å². The number of aromatic nitrogens is 4. The van der Waals surface area contributed by atoms with E-state index in [9.17, 15) is 10.2 Å². The molecule has 12 bridgehead atoms. The van der Waals surface area contributed by atoms with Crippen LogP contribution in [0.5, 0.6) is 11.5 Å². The number of nitrogens with zero attached hydrogens (tertiary/aromatic N) is 2. The number of rotatable bonds is 6. The van der Waals surface area contributed by atoms with Gasteiger partial charge in [0.2, 0.25) is 23.3 Å². The Bertz CT molecular complexity index is 5660. The Morgan fingerprint density at radius 2 is 0.445 bits per heavy atom. The third-order valence-corrected chi connectivity index (χ3v) is 19.1. The van der Waals surface area contributed by atoms with Crippen molar-refractivity contribution in [2.45, 2.75) is 105 Å². The molecule has 0 spiro atoms. The molecule has 0 atom stereocenters. The smallest absolute Gasteiger partial charge is 0.200 e. The maximum Gasteiger partial charge on any atom is 0.200 e. The number of allylic oxidation sites excluding steroid dienone is 4. The van der Waals surface area contributed by atoms with Gasteiger partial charge in [-0.3, -0.25) is 0 Å². The lowest BCUT2D eigenvalue weighted by Crippen LogP contribution is -2.22. The van der Waals surface area contributed by atoms with E-state index in [1.54, 1.807) is 83.1 Å². The van der Waals surface area contributed by atoms with Crippen LogP contribution in [0.3, 0.4) is 0 Å². The minimum Gasteiger partial charge on any atom is -0.507 e. The number of H-pyrrole nitrogens is 4. The minimum atomic E-state index is -2.66. The zero-order valence-electron chi connectivity index (χ0n) is 59.6. The van der Waals surface area contributed by atoms with Crippen LogP contribution < -0.4 is 21.4 Å². The fourth-order valence-corrected chi connectivity index (χ4v) is 13.7. The van der Waals surface area contributed by atoms with Gasteiger partial charge in [-0.15, -0.1) is 0 Å². The van der Waals surface area contributed by atoms with Gasteiger partial charge in [0, 0.05) is 99.9 Å². The van der Waals surface area contributed by atoms with E-state index in [1.807, 2.05) is 0 Å². The maximum absolute atomic E-state index is 17.0. The predicted octanol–water partition coefficient (Wildman–Crippen LogP) is 18.5. The molecule has 6 N–H and O–H groups in total. The van der Waals surface area contributed by atoms with Crippen LogP contribution >= 0.6 is 0 Å². The number of phenols is 2. The van der Waals surface area contributed by atoms with E-state index >= 15 is 87.8 Å². The fourth-order valence-electron chi connectivity index (χ4n) is 13.7. The summed E-state index contributed by atoms with van der Waals surface area (Å²) in [6, 6.07) is 13.3. The fraction of sp³-hybridized carbons (Fsp3) is 0.195. The molecular weight excluding hydrogens is 1480 g/mol. The number of phenolic OH excluding ortho intramolecular Hbond substituents is 2. The van der Waals surface area contributed by atoms with Crippen LogP contribution in [0.4, 0.5) is 87.8 Å². The summed E-state index contributed by atoms with van der Waals surface area (Å²) in [5.74, 6) is -51.4. The highest BCUT2D eigenvalue weighted by Crippen LogP contribution is 2.47. The average Bonchev–Trinajstić information content (AvgIpc) is 1.56. The Morgan fingerprint density at radius 1 is 0.245 bits per heavy atom. The summed E-state index contributed by atoms with van der Waals surface area (Å²) in [4.78, 5) is 20.3. The SMILES string of the molecule is CC(C)(C)c1cc(C2=c3ccc([nH]3)=C(c3c(F)c(F)c(F)c(F)c3F)c3ccc([nH]3)C(c3c(F)c(F)c(F)c(F)c3F)=C3C=CC(=N3)C(c3cc(C(C)(C)C)c(O)c(C(C)(C)C)c3)=c3ccc([nH]3)=C(c3c(F)c(F)c(F)c(F)c3F)c3ccc([nH]3)C(c3c(F)c(F)c(F)c(F)c3F)=C3C=CC2=N3)cc(C(C)(C)C)c1O. The monoisotopic (exact) mass is 1540 g/mol. The molecule has 4 aromatic heterocycles. The van der Waals surface area contributed by atoms with Crippen molar-refractivity contribution < 1.29 is 98.0 Å². The van der Waals surface area contributed by atoms with Gasteiger partial charge in [0.15, 0.2) is 93.1 Å². The number of benzene rings is 6. The Labute approximate surface area is 611 Å². The van der Waals surface area contributed by atoms with E-state index in [0.29, 0.717) is 0 Å². The van der Waals surface area contributed by atoms with E-state index in [4.69, 9.17) is 9.98 Å². The molecule has 0 saturated carbocycles. The Hall–Kier alpha value is -11.6. The third-order valence-electron chi connectivity index (χ3n) is 19.1. The van der Waals surface area contributed by atoms with Crippen molar-refractivity contribution in [1.82, 2.24) is 19.9 Å². The molecular formula is C82H58F20N6O2. The topological polar surface area (TPSA) is 128 Å². The van der Waals surface area contributed by atoms with Crippen LogP contribution in [0.1, 0.15) is 161 Å². The van der Waals surface area contributed by atoms with Crippen LogP contribution in [0.2, 0.25) is 0 Å². The largest absolute Gasteiger partial charge is 0.507 e. The second-order valence-electron chi connectivity index (χ2n) is 30.4. The van der Waals surface area contributed by atoms with Crippen LogP contribution in [0.15, 0.2) is 118 Å². The highest BCUT2D eigenvalue weighted by molar-refractivity contribution is 6.31. The summed E-state index contributed by atoms with van der Waals surface area (Å²) in [5.41, 5.74) is -20.3. The molecule has 7 heterocycles. The Morgan fingerprint density at radius 3 is 0.673 bits per heavy atom. The summed E-state index contributed by atoms with van der Waals surface area (Å²) < 4.78 is 324. The second-order valence-corrected chi connectivity index (χ2v) is 30.4. The molecule has 0 unspecified atom stereocenters. The molecule has 3 aliphatic heterocycles. The molecule has 0 amide bonds. The second kappa shape index (κ2) is 26.6. The lowest BCUT2D eigenvalue weighted by atomic mass is 9.77. The minimum absolute atomic E-state index is 0.00289. The highest BCUT2D eigenvalue weighted by Gasteiger charge is 2.39. The Kier molecular flexibility index (Phi) is 18.5. The summed E-state index contributed by atoms with van der Waals surface area (Å²) in [6.07, 6.45) is 4.11. The van der Waals surface area contributed by atoms with Crippen molar-refractivity contribution in [3.63, 3.8) is 0 Å². The molecule has 8 nitrogen and oxygen atoms in total. The number of aromatic amines is 4. The number of nitrogens with one attached hydrogen (secondary N) is 4. The first-order chi connectivity index (χ1) is 51.3. The number of hydrogen-bond acceptors (Lipinski definition) is 4. The van der Waals surface area contributed by atoms with Gasteiger partial charge in [0.1, 0.15) is 11.5 Å². The first-order valence-electron chi connectivity index (χ1n) is 33.4. The quantitative estimate of drug-likeness (QED) is 0.0563. The molecule has 0 aliphatic carbocycles. The van der Waals surface area contributed by atoms with Gasteiger partial charge in [-0.05, 0) is 130 Å². The van der Waals surface area contributed by atoms with E-state index in [2.05, 4.69) is 19.9 Å². The summed E-state index contributed by atoms with van der Waals surface area (Å²) in [6.45, 7) is 20.2. The van der Waals surface area contributed by atoms with Gasteiger partial charge in [0.25, 0.3) is 0 Å². The number of aromatic hydroxyl groups is 2. The lowest BCUT2D eigenvalue weighted by molar-refractivity contribution is 0.376. The molecule has 0 saturated heterocycles. The van der Waals surface area contributed by atoms with Gasteiger partial charge >= 0.3 is 0 Å². The van der Waals surface area contributed by atoms with Crippen molar-refractivity contribution in [2.24, 2.45) is 9.98 Å².